The lowest BCUT2D eigenvalue weighted by atomic mass is 10.3. The lowest BCUT2D eigenvalue weighted by molar-refractivity contribution is -0.128. The highest BCUT2D eigenvalue weighted by Gasteiger charge is 2.25. The number of amides is 1. The van der Waals surface area contributed by atoms with E-state index in [1.54, 1.807) is 14.0 Å². The molecule has 3 rings (SSSR count). The number of methoxy groups -OCH3 is 1. The van der Waals surface area contributed by atoms with Crippen LogP contribution in [-0.2, 0) is 4.79 Å². The molecule has 0 aliphatic carbocycles. The molecule has 26 heavy (non-hydrogen) atoms. The van der Waals surface area contributed by atoms with Crippen molar-refractivity contribution in [1.29, 1.82) is 5.26 Å². The minimum Gasteiger partial charge on any atom is -0.497 e. The van der Waals surface area contributed by atoms with Gasteiger partial charge in [-0.3, -0.25) is 4.79 Å². The quantitative estimate of drug-likeness (QED) is 0.745. The molecule has 0 atom stereocenters. The third-order valence-electron chi connectivity index (χ3n) is 4.16. The average Bonchev–Trinajstić information content (AvgIpc) is 3.07. The molecule has 1 saturated heterocycles. The number of thioether (sulfide) groups is 1. The van der Waals surface area contributed by atoms with Crippen LogP contribution in [-0.4, -0.2) is 54.8 Å². The van der Waals surface area contributed by atoms with E-state index in [1.807, 2.05) is 34.1 Å². The van der Waals surface area contributed by atoms with E-state index in [1.165, 1.54) is 11.8 Å². The van der Waals surface area contributed by atoms with Crippen molar-refractivity contribution in [3.63, 3.8) is 0 Å². The number of aryl methyl sites for hydroxylation is 1. The zero-order valence-corrected chi connectivity index (χ0v) is 15.6. The van der Waals surface area contributed by atoms with E-state index in [-0.39, 0.29) is 5.91 Å². The van der Waals surface area contributed by atoms with Crippen LogP contribution < -0.4 is 9.64 Å². The van der Waals surface area contributed by atoms with E-state index in [4.69, 9.17) is 14.4 Å². The third-order valence-corrected chi connectivity index (χ3v) is 5.16. The number of carbonyl (C=O) groups is 1. The Labute approximate surface area is 156 Å². The summed E-state index contributed by atoms with van der Waals surface area (Å²) in [6, 6.07) is 9.73. The smallest absolute Gasteiger partial charge is 0.234 e. The van der Waals surface area contributed by atoms with E-state index in [0.29, 0.717) is 49.4 Å². The van der Waals surface area contributed by atoms with Gasteiger partial charge in [0.25, 0.3) is 0 Å². The van der Waals surface area contributed by atoms with Gasteiger partial charge in [-0.25, -0.2) is 4.98 Å². The SMILES string of the molecule is COc1ccc(SCC(=O)N2CCN(c3oc(C)nc3C#N)CC2)cc1. The number of ether oxygens (including phenoxy) is 1. The van der Waals surface area contributed by atoms with Gasteiger partial charge < -0.3 is 19.0 Å². The number of benzene rings is 1. The first-order valence-electron chi connectivity index (χ1n) is 8.28. The summed E-state index contributed by atoms with van der Waals surface area (Å²) in [6.45, 7) is 4.18. The summed E-state index contributed by atoms with van der Waals surface area (Å²) >= 11 is 1.52. The van der Waals surface area contributed by atoms with Crippen LogP contribution in [0.1, 0.15) is 11.6 Å². The Hall–Kier alpha value is -2.66. The number of nitrogens with zero attached hydrogens (tertiary/aromatic N) is 4. The summed E-state index contributed by atoms with van der Waals surface area (Å²) < 4.78 is 10.7. The maximum Gasteiger partial charge on any atom is 0.234 e. The summed E-state index contributed by atoms with van der Waals surface area (Å²) in [4.78, 5) is 21.4. The number of anilines is 1. The molecule has 1 fully saturated rings. The molecule has 0 unspecified atom stereocenters. The molecule has 1 aliphatic heterocycles. The first kappa shape index (κ1) is 18.1. The maximum absolute atomic E-state index is 12.4. The third kappa shape index (κ3) is 4.11. The number of aromatic nitrogens is 1. The zero-order chi connectivity index (χ0) is 18.5. The molecule has 0 N–H and O–H groups in total. The van der Waals surface area contributed by atoms with Crippen molar-refractivity contribution in [2.45, 2.75) is 11.8 Å². The van der Waals surface area contributed by atoms with Gasteiger partial charge in [-0.1, -0.05) is 0 Å². The number of piperazine rings is 1. The van der Waals surface area contributed by atoms with Crippen LogP contribution in [0.4, 0.5) is 5.88 Å². The second kappa shape index (κ2) is 8.15. The van der Waals surface area contributed by atoms with Crippen LogP contribution in [0.5, 0.6) is 5.75 Å². The molecule has 0 radical (unpaired) electrons. The Kier molecular flexibility index (Phi) is 5.68. The molecular formula is C18H20N4O3S. The monoisotopic (exact) mass is 372 g/mol. The van der Waals surface area contributed by atoms with Gasteiger partial charge in [0.2, 0.25) is 17.5 Å². The van der Waals surface area contributed by atoms with Crippen LogP contribution in [0.25, 0.3) is 0 Å². The van der Waals surface area contributed by atoms with Gasteiger partial charge >= 0.3 is 0 Å². The average molecular weight is 372 g/mol. The molecule has 0 spiro atoms. The Morgan fingerprint density at radius 1 is 1.31 bits per heavy atom. The maximum atomic E-state index is 12.4. The van der Waals surface area contributed by atoms with Crippen molar-refractivity contribution < 1.29 is 13.9 Å². The van der Waals surface area contributed by atoms with E-state index >= 15 is 0 Å². The fourth-order valence-electron chi connectivity index (χ4n) is 2.77. The number of hydrogen-bond acceptors (Lipinski definition) is 7. The highest BCUT2D eigenvalue weighted by atomic mass is 32.2. The lowest BCUT2D eigenvalue weighted by Crippen LogP contribution is -2.49. The van der Waals surface area contributed by atoms with Gasteiger partial charge in [0.15, 0.2) is 5.89 Å². The van der Waals surface area contributed by atoms with Gasteiger partial charge in [-0.2, -0.15) is 5.26 Å². The van der Waals surface area contributed by atoms with Gasteiger partial charge in [-0.15, -0.1) is 11.8 Å². The standard InChI is InChI=1S/C18H20N4O3S/c1-13-20-16(11-19)18(25-13)22-9-7-21(8-10-22)17(23)12-26-15-5-3-14(24-2)4-6-15/h3-6H,7-10,12H2,1-2H3. The van der Waals surface area contributed by atoms with Crippen molar-refractivity contribution in [3.05, 3.63) is 35.9 Å². The second-order valence-corrected chi connectivity index (χ2v) is 6.88. The van der Waals surface area contributed by atoms with Gasteiger partial charge in [-0.05, 0) is 24.3 Å². The molecule has 1 aromatic carbocycles. The molecule has 0 bridgehead atoms. The predicted molar refractivity (Wildman–Crippen MR) is 98.5 cm³/mol. The minimum absolute atomic E-state index is 0.111. The van der Waals surface area contributed by atoms with Crippen LogP contribution in [0.2, 0.25) is 0 Å². The van der Waals surface area contributed by atoms with Crippen molar-refractivity contribution in [1.82, 2.24) is 9.88 Å². The molecule has 8 heteroatoms. The fourth-order valence-corrected chi connectivity index (χ4v) is 3.57. The number of oxazole rings is 1. The number of hydrogen-bond donors (Lipinski definition) is 0. The van der Waals surface area contributed by atoms with E-state index in [2.05, 4.69) is 11.1 Å². The number of carbonyl (C=O) groups excluding carboxylic acids is 1. The summed E-state index contributed by atoms with van der Waals surface area (Å²) in [5.74, 6) is 2.29. The van der Waals surface area contributed by atoms with E-state index < -0.39 is 0 Å². The number of nitriles is 1. The first-order valence-corrected chi connectivity index (χ1v) is 9.26. The summed E-state index contributed by atoms with van der Waals surface area (Å²) in [7, 11) is 1.63. The molecular weight excluding hydrogens is 352 g/mol. The Balaban J connectivity index is 1.51. The first-order chi connectivity index (χ1) is 12.6. The largest absolute Gasteiger partial charge is 0.497 e. The summed E-state index contributed by atoms with van der Waals surface area (Å²) in [5.41, 5.74) is 0.303. The Bertz CT molecular complexity index is 805. The van der Waals surface area contributed by atoms with Crippen molar-refractivity contribution in [2.75, 3.05) is 43.9 Å². The topological polar surface area (TPSA) is 82.6 Å². The van der Waals surface area contributed by atoms with Gasteiger partial charge in [0.05, 0.1) is 12.9 Å². The lowest BCUT2D eigenvalue weighted by Gasteiger charge is -2.34. The highest BCUT2D eigenvalue weighted by molar-refractivity contribution is 8.00. The Morgan fingerprint density at radius 2 is 2.00 bits per heavy atom. The van der Waals surface area contributed by atoms with Crippen molar-refractivity contribution in [3.8, 4) is 11.8 Å². The molecule has 136 valence electrons. The summed E-state index contributed by atoms with van der Waals surface area (Å²) in [5, 5.41) is 9.14. The van der Waals surface area contributed by atoms with Crippen LogP contribution in [0.3, 0.4) is 0 Å². The van der Waals surface area contributed by atoms with Crippen molar-refractivity contribution >= 4 is 23.6 Å². The van der Waals surface area contributed by atoms with Crippen LogP contribution in [0.15, 0.2) is 33.6 Å². The molecule has 7 nitrogen and oxygen atoms in total. The normalized spacial score (nSPS) is 14.2. The molecule has 1 aliphatic rings. The molecule has 2 heterocycles. The Morgan fingerprint density at radius 3 is 2.62 bits per heavy atom. The van der Waals surface area contributed by atoms with Gasteiger partial charge in [0.1, 0.15) is 11.8 Å². The minimum atomic E-state index is 0.111. The second-order valence-electron chi connectivity index (χ2n) is 5.83. The van der Waals surface area contributed by atoms with Gasteiger partial charge in [0, 0.05) is 38.0 Å². The molecule has 2 aromatic rings. The molecule has 1 aromatic heterocycles. The van der Waals surface area contributed by atoms with Crippen LogP contribution in [0, 0.1) is 18.3 Å². The molecule has 0 saturated carbocycles. The predicted octanol–water partition coefficient (Wildman–Crippen LogP) is 2.30. The zero-order valence-electron chi connectivity index (χ0n) is 14.8. The highest BCUT2D eigenvalue weighted by Crippen LogP contribution is 2.24. The van der Waals surface area contributed by atoms with Crippen LogP contribution >= 0.6 is 11.8 Å². The van der Waals surface area contributed by atoms with E-state index in [0.717, 1.165) is 10.6 Å². The van der Waals surface area contributed by atoms with Crippen molar-refractivity contribution in [2.24, 2.45) is 0 Å². The fraction of sp³-hybridized carbons (Fsp3) is 0.389. The van der Waals surface area contributed by atoms with E-state index in [9.17, 15) is 4.79 Å². The summed E-state index contributed by atoms with van der Waals surface area (Å²) in [6.07, 6.45) is 0. The molecule has 1 amide bonds. The number of rotatable bonds is 5.